The number of benzene rings is 2. The summed E-state index contributed by atoms with van der Waals surface area (Å²) in [6.45, 7) is 4.74. The summed E-state index contributed by atoms with van der Waals surface area (Å²) < 4.78 is 0. The highest BCUT2D eigenvalue weighted by atomic mass is 35.5. The van der Waals surface area contributed by atoms with E-state index in [1.54, 1.807) is 0 Å². The summed E-state index contributed by atoms with van der Waals surface area (Å²) in [6, 6.07) is 11.1. The number of aryl methyl sites for hydroxylation is 1. The first-order valence-electron chi connectivity index (χ1n) is 7.39. The monoisotopic (exact) mass is 287 g/mol. The number of halogens is 1. The molecule has 0 radical (unpaired) electrons. The van der Waals surface area contributed by atoms with Gasteiger partial charge >= 0.3 is 0 Å². The predicted molar refractivity (Wildman–Crippen MR) is 87.5 cm³/mol. The van der Waals surface area contributed by atoms with Crippen molar-refractivity contribution in [1.29, 1.82) is 0 Å². The third-order valence-corrected chi connectivity index (χ3v) is 4.99. The Morgan fingerprint density at radius 2 is 1.90 bits per heavy atom. The number of hydrogen-bond acceptors (Lipinski definition) is 1. The summed E-state index contributed by atoms with van der Waals surface area (Å²) in [5.74, 6) is 0. The molecular weight excluding hydrogens is 266 g/mol. The van der Waals surface area contributed by atoms with E-state index in [9.17, 15) is 0 Å². The Morgan fingerprint density at radius 1 is 1.20 bits per heavy atom. The summed E-state index contributed by atoms with van der Waals surface area (Å²) in [5, 5.41) is 6.87. The van der Waals surface area contributed by atoms with Crippen LogP contribution in [0.15, 0.2) is 30.3 Å². The molecule has 1 atom stereocenters. The fourth-order valence-electron chi connectivity index (χ4n) is 3.49. The second-order valence-corrected chi connectivity index (χ2v) is 7.09. The maximum atomic E-state index is 6.51. The van der Waals surface area contributed by atoms with E-state index in [0.29, 0.717) is 11.5 Å². The minimum Gasteiger partial charge on any atom is -0.313 e. The second-order valence-electron chi connectivity index (χ2n) is 6.68. The Labute approximate surface area is 126 Å². The van der Waals surface area contributed by atoms with E-state index in [-0.39, 0.29) is 0 Å². The highest BCUT2D eigenvalue weighted by Crippen LogP contribution is 2.43. The minimum atomic E-state index is 0.361. The van der Waals surface area contributed by atoms with Crippen LogP contribution in [0.1, 0.15) is 43.9 Å². The molecule has 2 aromatic rings. The molecular formula is C18H22ClN. The maximum absolute atomic E-state index is 6.51. The molecule has 0 bridgehead atoms. The van der Waals surface area contributed by atoms with Gasteiger partial charge in [0, 0.05) is 16.5 Å². The van der Waals surface area contributed by atoms with E-state index in [1.165, 1.54) is 28.3 Å². The largest absolute Gasteiger partial charge is 0.313 e. The van der Waals surface area contributed by atoms with Crippen molar-refractivity contribution < 1.29 is 0 Å². The van der Waals surface area contributed by atoms with Gasteiger partial charge in [0.25, 0.3) is 0 Å². The molecule has 1 aliphatic carbocycles. The van der Waals surface area contributed by atoms with E-state index in [0.717, 1.165) is 17.9 Å². The summed E-state index contributed by atoms with van der Waals surface area (Å²) in [7, 11) is 2.05. The van der Waals surface area contributed by atoms with Crippen molar-refractivity contribution in [2.24, 2.45) is 5.41 Å². The smallest absolute Gasteiger partial charge is 0.0487 e. The highest BCUT2D eigenvalue weighted by molar-refractivity contribution is 6.35. The Morgan fingerprint density at radius 3 is 2.60 bits per heavy atom. The van der Waals surface area contributed by atoms with Gasteiger partial charge in [-0.3, -0.25) is 0 Å². The SMILES string of the molecule is CNC1CC(C)(C)CCc2c1cc(Cl)c1ccccc21. The van der Waals surface area contributed by atoms with E-state index in [4.69, 9.17) is 11.6 Å². The highest BCUT2D eigenvalue weighted by Gasteiger charge is 2.30. The average molecular weight is 288 g/mol. The minimum absolute atomic E-state index is 0.361. The first-order valence-corrected chi connectivity index (χ1v) is 7.77. The van der Waals surface area contributed by atoms with Gasteiger partial charge in [0.1, 0.15) is 0 Å². The normalized spacial score (nSPS) is 21.5. The van der Waals surface area contributed by atoms with Crippen molar-refractivity contribution in [1.82, 2.24) is 5.32 Å². The number of fused-ring (bicyclic) bond motifs is 3. The number of rotatable bonds is 1. The lowest BCUT2D eigenvalue weighted by atomic mass is 9.83. The van der Waals surface area contributed by atoms with E-state index < -0.39 is 0 Å². The van der Waals surface area contributed by atoms with Gasteiger partial charge < -0.3 is 5.32 Å². The molecule has 1 nitrogen and oxygen atoms in total. The van der Waals surface area contributed by atoms with Crippen molar-refractivity contribution in [2.45, 2.75) is 39.2 Å². The average Bonchev–Trinajstić information content (AvgIpc) is 2.56. The zero-order valence-electron chi connectivity index (χ0n) is 12.5. The van der Waals surface area contributed by atoms with E-state index in [2.05, 4.69) is 56.5 Å². The molecule has 2 heteroatoms. The summed E-state index contributed by atoms with van der Waals surface area (Å²) in [6.07, 6.45) is 3.52. The van der Waals surface area contributed by atoms with Gasteiger partial charge in [-0.2, -0.15) is 0 Å². The molecule has 0 heterocycles. The molecule has 1 aliphatic rings. The Balaban J connectivity index is 2.26. The van der Waals surface area contributed by atoms with Crippen LogP contribution in [0.2, 0.25) is 5.02 Å². The lowest BCUT2D eigenvalue weighted by molar-refractivity contribution is 0.279. The van der Waals surface area contributed by atoms with Crippen LogP contribution >= 0.6 is 11.6 Å². The molecule has 0 amide bonds. The van der Waals surface area contributed by atoms with Crippen LogP contribution in [-0.2, 0) is 6.42 Å². The Bertz CT molecular complexity index is 645. The fourth-order valence-corrected chi connectivity index (χ4v) is 3.77. The van der Waals surface area contributed by atoms with Crippen LogP contribution in [-0.4, -0.2) is 7.05 Å². The molecule has 0 aliphatic heterocycles. The zero-order valence-corrected chi connectivity index (χ0v) is 13.2. The van der Waals surface area contributed by atoms with Crippen molar-refractivity contribution in [3.8, 4) is 0 Å². The lowest BCUT2D eigenvalue weighted by Gasteiger charge is -2.26. The molecule has 1 unspecified atom stereocenters. The van der Waals surface area contributed by atoms with Gasteiger partial charge in [0.15, 0.2) is 0 Å². The molecule has 106 valence electrons. The maximum Gasteiger partial charge on any atom is 0.0487 e. The third-order valence-electron chi connectivity index (χ3n) is 4.67. The summed E-state index contributed by atoms with van der Waals surface area (Å²) >= 11 is 6.51. The number of hydrogen-bond donors (Lipinski definition) is 1. The zero-order chi connectivity index (χ0) is 14.3. The molecule has 1 N–H and O–H groups in total. The second kappa shape index (κ2) is 5.05. The fraction of sp³-hybridized carbons (Fsp3) is 0.444. The summed E-state index contributed by atoms with van der Waals surface area (Å²) in [4.78, 5) is 0. The van der Waals surface area contributed by atoms with Crippen LogP contribution in [0, 0.1) is 5.41 Å². The van der Waals surface area contributed by atoms with Crippen LogP contribution in [0.25, 0.3) is 10.8 Å². The van der Waals surface area contributed by atoms with Crippen molar-refractivity contribution in [3.63, 3.8) is 0 Å². The molecule has 0 fully saturated rings. The van der Waals surface area contributed by atoms with E-state index in [1.807, 2.05) is 0 Å². The molecule has 0 aromatic heterocycles. The van der Waals surface area contributed by atoms with Crippen LogP contribution < -0.4 is 5.32 Å². The van der Waals surface area contributed by atoms with Gasteiger partial charge in [0.05, 0.1) is 0 Å². The molecule has 0 spiro atoms. The molecule has 2 aromatic carbocycles. The van der Waals surface area contributed by atoms with Gasteiger partial charge in [-0.1, -0.05) is 49.7 Å². The van der Waals surface area contributed by atoms with Gasteiger partial charge in [-0.25, -0.2) is 0 Å². The van der Waals surface area contributed by atoms with Crippen molar-refractivity contribution >= 4 is 22.4 Å². The third kappa shape index (κ3) is 2.34. The predicted octanol–water partition coefficient (Wildman–Crippen LogP) is 5.12. The van der Waals surface area contributed by atoms with Crippen LogP contribution in [0.3, 0.4) is 0 Å². The van der Waals surface area contributed by atoms with Crippen LogP contribution in [0.4, 0.5) is 0 Å². The van der Waals surface area contributed by atoms with Gasteiger partial charge in [-0.15, -0.1) is 0 Å². The lowest BCUT2D eigenvalue weighted by Crippen LogP contribution is -2.22. The van der Waals surface area contributed by atoms with Gasteiger partial charge in [0.2, 0.25) is 0 Å². The van der Waals surface area contributed by atoms with Crippen molar-refractivity contribution in [3.05, 3.63) is 46.5 Å². The number of nitrogens with one attached hydrogen (secondary N) is 1. The molecule has 0 saturated heterocycles. The summed E-state index contributed by atoms with van der Waals surface area (Å²) in [5.41, 5.74) is 3.23. The first kappa shape index (κ1) is 13.9. The standard InChI is InChI=1S/C18H22ClN/c1-18(2)9-8-13-12-6-4-5-7-14(12)16(19)10-15(13)17(11-18)20-3/h4-7,10,17,20H,8-9,11H2,1-3H3. The Kier molecular flexibility index (Phi) is 3.51. The quantitative estimate of drug-likeness (QED) is 0.718. The van der Waals surface area contributed by atoms with E-state index >= 15 is 0 Å². The Hall–Kier alpha value is -1.05. The van der Waals surface area contributed by atoms with Gasteiger partial charge in [-0.05, 0) is 54.3 Å². The topological polar surface area (TPSA) is 12.0 Å². The first-order chi connectivity index (χ1) is 9.52. The van der Waals surface area contributed by atoms with Crippen molar-refractivity contribution in [2.75, 3.05) is 7.05 Å². The van der Waals surface area contributed by atoms with Crippen LogP contribution in [0.5, 0.6) is 0 Å². The molecule has 3 rings (SSSR count). The molecule has 20 heavy (non-hydrogen) atoms. The molecule has 0 saturated carbocycles.